The molecule has 100 valence electrons. The zero-order valence-corrected chi connectivity index (χ0v) is 10.5. The molecule has 18 heavy (non-hydrogen) atoms. The van der Waals surface area contributed by atoms with E-state index in [0.29, 0.717) is 13.1 Å². The first-order valence-corrected chi connectivity index (χ1v) is 6.38. The Balaban J connectivity index is 1.70. The van der Waals surface area contributed by atoms with E-state index in [1.54, 1.807) is 24.3 Å². The van der Waals surface area contributed by atoms with E-state index in [1.165, 1.54) is 0 Å². The molecule has 0 spiro atoms. The second kappa shape index (κ2) is 6.58. The maximum atomic E-state index is 9.94. The first-order valence-electron chi connectivity index (χ1n) is 6.38. The lowest BCUT2D eigenvalue weighted by Crippen LogP contribution is -2.47. The van der Waals surface area contributed by atoms with Crippen molar-refractivity contribution in [2.24, 2.45) is 0 Å². The maximum Gasteiger partial charge on any atom is 0.115 e. The summed E-state index contributed by atoms with van der Waals surface area (Å²) in [5.41, 5.74) is 0.909. The molecule has 0 radical (unpaired) electrons. The topological polar surface area (TPSA) is 67.8 Å². The second-order valence-corrected chi connectivity index (χ2v) is 4.63. The van der Waals surface area contributed by atoms with Gasteiger partial charge in [-0.25, -0.2) is 0 Å². The highest BCUT2D eigenvalue weighted by Crippen LogP contribution is 2.13. The Labute approximate surface area is 107 Å². The summed E-state index contributed by atoms with van der Waals surface area (Å²) in [4.78, 5) is 2.26. The van der Waals surface area contributed by atoms with E-state index in [0.717, 1.165) is 31.9 Å². The third-order valence-electron chi connectivity index (χ3n) is 3.09. The van der Waals surface area contributed by atoms with Gasteiger partial charge < -0.3 is 20.8 Å². The Morgan fingerprint density at radius 1 is 1.22 bits per heavy atom. The van der Waals surface area contributed by atoms with E-state index in [1.807, 2.05) is 0 Å². The van der Waals surface area contributed by atoms with Gasteiger partial charge in [0.05, 0.1) is 6.10 Å². The summed E-state index contributed by atoms with van der Waals surface area (Å²) in [5.74, 6) is 0.252. The van der Waals surface area contributed by atoms with E-state index < -0.39 is 0 Å². The molecule has 4 N–H and O–H groups in total. The van der Waals surface area contributed by atoms with Crippen LogP contribution in [0.25, 0.3) is 0 Å². The molecular formula is C13H21N3O2. The number of aliphatic hydroxyl groups excluding tert-OH is 1. The fourth-order valence-electron chi connectivity index (χ4n) is 2.07. The smallest absolute Gasteiger partial charge is 0.115 e. The number of benzene rings is 1. The van der Waals surface area contributed by atoms with Gasteiger partial charge in [-0.3, -0.25) is 4.90 Å². The van der Waals surface area contributed by atoms with Crippen molar-refractivity contribution >= 4 is 5.69 Å². The van der Waals surface area contributed by atoms with Crippen LogP contribution in [0.1, 0.15) is 0 Å². The van der Waals surface area contributed by atoms with Crippen LogP contribution >= 0.6 is 0 Å². The van der Waals surface area contributed by atoms with E-state index in [-0.39, 0.29) is 11.9 Å². The number of phenols is 1. The number of hydrogen-bond acceptors (Lipinski definition) is 5. The van der Waals surface area contributed by atoms with Crippen LogP contribution < -0.4 is 10.6 Å². The summed E-state index contributed by atoms with van der Waals surface area (Å²) in [7, 11) is 0. The third-order valence-corrected chi connectivity index (χ3v) is 3.09. The molecule has 0 aliphatic carbocycles. The Morgan fingerprint density at radius 3 is 2.56 bits per heavy atom. The molecule has 5 nitrogen and oxygen atoms in total. The minimum atomic E-state index is -0.378. The molecule has 0 aromatic heterocycles. The minimum Gasteiger partial charge on any atom is -0.508 e. The Hall–Kier alpha value is -1.30. The molecule has 0 saturated carbocycles. The highest BCUT2D eigenvalue weighted by Gasteiger charge is 2.13. The molecular weight excluding hydrogens is 230 g/mol. The molecule has 1 aromatic carbocycles. The van der Waals surface area contributed by atoms with Gasteiger partial charge in [-0.1, -0.05) is 0 Å². The van der Waals surface area contributed by atoms with Gasteiger partial charge in [0.25, 0.3) is 0 Å². The van der Waals surface area contributed by atoms with E-state index >= 15 is 0 Å². The number of piperazine rings is 1. The molecule has 1 heterocycles. The number of nitrogens with one attached hydrogen (secondary N) is 2. The molecule has 5 heteroatoms. The van der Waals surface area contributed by atoms with Crippen molar-refractivity contribution in [3.63, 3.8) is 0 Å². The van der Waals surface area contributed by atoms with E-state index in [2.05, 4.69) is 15.5 Å². The predicted molar refractivity (Wildman–Crippen MR) is 71.9 cm³/mol. The highest BCUT2D eigenvalue weighted by molar-refractivity contribution is 5.45. The predicted octanol–water partition coefficient (Wildman–Crippen LogP) is 0.0702. The van der Waals surface area contributed by atoms with Gasteiger partial charge in [-0.05, 0) is 24.3 Å². The number of aromatic hydroxyl groups is 1. The number of aliphatic hydroxyl groups is 1. The number of rotatable bonds is 5. The van der Waals surface area contributed by atoms with Crippen molar-refractivity contribution in [2.75, 3.05) is 44.6 Å². The summed E-state index contributed by atoms with van der Waals surface area (Å²) in [5, 5.41) is 25.6. The average Bonchev–Trinajstić information content (AvgIpc) is 2.39. The van der Waals surface area contributed by atoms with E-state index in [9.17, 15) is 5.11 Å². The standard InChI is InChI=1S/C13H21N3O2/c17-12-3-1-11(2-4-12)15-9-13(18)10-16-7-5-14-6-8-16/h1-4,13-15,17-18H,5-10H2. The molecule has 1 unspecified atom stereocenters. The summed E-state index contributed by atoms with van der Waals surface area (Å²) in [6.45, 7) is 5.21. The largest absolute Gasteiger partial charge is 0.508 e. The molecule has 1 aromatic rings. The Kier molecular flexibility index (Phi) is 4.81. The van der Waals surface area contributed by atoms with Crippen LogP contribution in [0.5, 0.6) is 5.75 Å². The van der Waals surface area contributed by atoms with Gasteiger partial charge >= 0.3 is 0 Å². The van der Waals surface area contributed by atoms with Crippen LogP contribution in [0.15, 0.2) is 24.3 Å². The molecule has 2 rings (SSSR count). The van der Waals surface area contributed by atoms with Crippen LogP contribution in [0.2, 0.25) is 0 Å². The SMILES string of the molecule is Oc1ccc(NCC(O)CN2CCNCC2)cc1. The number of hydrogen-bond donors (Lipinski definition) is 4. The van der Waals surface area contributed by atoms with Gasteiger partial charge in [0.2, 0.25) is 0 Å². The van der Waals surface area contributed by atoms with Crippen molar-refractivity contribution in [2.45, 2.75) is 6.10 Å². The molecule has 0 bridgehead atoms. The van der Waals surface area contributed by atoms with E-state index in [4.69, 9.17) is 5.11 Å². The third kappa shape index (κ3) is 4.18. The quantitative estimate of drug-likeness (QED) is 0.558. The maximum absolute atomic E-state index is 9.94. The molecule has 0 amide bonds. The van der Waals surface area contributed by atoms with Crippen LogP contribution in [0.3, 0.4) is 0 Å². The highest BCUT2D eigenvalue weighted by atomic mass is 16.3. The second-order valence-electron chi connectivity index (χ2n) is 4.63. The molecule has 1 fully saturated rings. The van der Waals surface area contributed by atoms with Crippen LogP contribution in [-0.2, 0) is 0 Å². The zero-order valence-electron chi connectivity index (χ0n) is 10.5. The average molecular weight is 251 g/mol. The van der Waals surface area contributed by atoms with Gasteiger partial charge in [0.15, 0.2) is 0 Å². The number of phenolic OH excluding ortho intramolecular Hbond substituents is 1. The fraction of sp³-hybridized carbons (Fsp3) is 0.538. The summed E-state index contributed by atoms with van der Waals surface area (Å²) in [6.07, 6.45) is -0.378. The molecule has 1 saturated heterocycles. The lowest BCUT2D eigenvalue weighted by Gasteiger charge is -2.29. The Bertz CT molecular complexity index is 350. The van der Waals surface area contributed by atoms with Gasteiger partial charge in [-0.15, -0.1) is 0 Å². The van der Waals surface area contributed by atoms with Gasteiger partial charge in [0.1, 0.15) is 5.75 Å². The first-order chi connectivity index (χ1) is 8.74. The van der Waals surface area contributed by atoms with Crippen molar-refractivity contribution in [3.8, 4) is 5.75 Å². The number of nitrogens with zero attached hydrogens (tertiary/aromatic N) is 1. The normalized spacial score (nSPS) is 18.5. The summed E-state index contributed by atoms with van der Waals surface area (Å²) < 4.78 is 0. The number of β-amino-alcohol motifs (C(OH)–C–C–N with tert-alkyl or cyclic N) is 1. The summed E-state index contributed by atoms with van der Waals surface area (Å²) in [6, 6.07) is 6.86. The molecule has 1 atom stereocenters. The van der Waals surface area contributed by atoms with Gasteiger partial charge in [0, 0.05) is 45.0 Å². The zero-order chi connectivity index (χ0) is 12.8. The van der Waals surface area contributed by atoms with Crippen LogP contribution in [-0.4, -0.2) is 60.5 Å². The van der Waals surface area contributed by atoms with Crippen LogP contribution in [0, 0.1) is 0 Å². The Morgan fingerprint density at radius 2 is 1.89 bits per heavy atom. The molecule has 1 aliphatic rings. The monoisotopic (exact) mass is 251 g/mol. The number of anilines is 1. The molecule has 1 aliphatic heterocycles. The van der Waals surface area contributed by atoms with Crippen LogP contribution in [0.4, 0.5) is 5.69 Å². The van der Waals surface area contributed by atoms with Crippen molar-refractivity contribution in [1.82, 2.24) is 10.2 Å². The lowest BCUT2D eigenvalue weighted by molar-refractivity contribution is 0.114. The van der Waals surface area contributed by atoms with Crippen molar-refractivity contribution < 1.29 is 10.2 Å². The minimum absolute atomic E-state index is 0.252. The van der Waals surface area contributed by atoms with Crippen molar-refractivity contribution in [3.05, 3.63) is 24.3 Å². The fourth-order valence-corrected chi connectivity index (χ4v) is 2.07. The lowest BCUT2D eigenvalue weighted by atomic mass is 10.2. The summed E-state index contributed by atoms with van der Waals surface area (Å²) >= 11 is 0. The van der Waals surface area contributed by atoms with Gasteiger partial charge in [-0.2, -0.15) is 0 Å². The van der Waals surface area contributed by atoms with Crippen molar-refractivity contribution in [1.29, 1.82) is 0 Å². The first kappa shape index (κ1) is 13.1.